The average Bonchev–Trinajstić information content (AvgIpc) is 3.12. The van der Waals surface area contributed by atoms with Crippen LogP contribution in [0.3, 0.4) is 0 Å². The lowest BCUT2D eigenvalue weighted by Crippen LogP contribution is -2.08. The lowest BCUT2D eigenvalue weighted by atomic mass is 10.1. The predicted octanol–water partition coefficient (Wildman–Crippen LogP) is 3.96. The second-order valence-corrected chi connectivity index (χ2v) is 6.95. The van der Waals surface area contributed by atoms with Crippen molar-refractivity contribution in [1.82, 2.24) is 14.8 Å². The van der Waals surface area contributed by atoms with E-state index in [0.717, 1.165) is 0 Å². The topological polar surface area (TPSA) is 115 Å². The molecule has 0 atom stereocenters. The number of ether oxygens (including phenoxy) is 2. The molecule has 31 heavy (non-hydrogen) atoms. The standard InChI is InChI=1S/C23H18N4O4/c1-30-19-11-13(7-10-18(19)31-15-5-3-2-4-6-15)27-22(24)20-21(26-27)16-9-8-14(28)12-17(16)25-23(20)29/h2-12,28H,24H2,1H3,(H,25,29). The molecule has 0 radical (unpaired) electrons. The van der Waals surface area contributed by atoms with E-state index in [9.17, 15) is 9.90 Å². The number of hydrogen-bond donors (Lipinski definition) is 3. The highest BCUT2D eigenvalue weighted by molar-refractivity contribution is 6.07. The molecule has 154 valence electrons. The molecule has 3 aromatic carbocycles. The van der Waals surface area contributed by atoms with Gasteiger partial charge in [-0.3, -0.25) is 4.79 Å². The van der Waals surface area contributed by atoms with Crippen LogP contribution < -0.4 is 20.8 Å². The fourth-order valence-electron chi connectivity index (χ4n) is 3.56. The summed E-state index contributed by atoms with van der Waals surface area (Å²) in [4.78, 5) is 15.4. The predicted molar refractivity (Wildman–Crippen MR) is 118 cm³/mol. The molecule has 0 unspecified atom stereocenters. The smallest absolute Gasteiger partial charge is 0.261 e. The number of rotatable bonds is 4. The number of phenols is 1. The number of benzene rings is 3. The third-order valence-electron chi connectivity index (χ3n) is 5.02. The largest absolute Gasteiger partial charge is 0.508 e. The Balaban J connectivity index is 1.65. The third-order valence-corrected chi connectivity index (χ3v) is 5.02. The molecule has 2 aromatic heterocycles. The second-order valence-electron chi connectivity index (χ2n) is 6.95. The van der Waals surface area contributed by atoms with Gasteiger partial charge in [-0.25, -0.2) is 4.68 Å². The maximum atomic E-state index is 12.6. The van der Waals surface area contributed by atoms with Gasteiger partial charge in [-0.1, -0.05) is 18.2 Å². The highest BCUT2D eigenvalue weighted by atomic mass is 16.5. The molecule has 8 nitrogen and oxygen atoms in total. The Morgan fingerprint density at radius 3 is 2.61 bits per heavy atom. The van der Waals surface area contributed by atoms with Crippen LogP contribution in [0.5, 0.6) is 23.0 Å². The van der Waals surface area contributed by atoms with Crippen molar-refractivity contribution in [2.45, 2.75) is 0 Å². The number of fused-ring (bicyclic) bond motifs is 3. The minimum Gasteiger partial charge on any atom is -0.508 e. The Kier molecular flexibility index (Phi) is 4.25. The number of nitrogens with zero attached hydrogens (tertiary/aromatic N) is 2. The van der Waals surface area contributed by atoms with E-state index in [1.54, 1.807) is 31.4 Å². The summed E-state index contributed by atoms with van der Waals surface area (Å²) in [5, 5.41) is 15.3. The fraction of sp³-hybridized carbons (Fsp3) is 0.0435. The van der Waals surface area contributed by atoms with Crippen LogP contribution in [0.4, 0.5) is 5.82 Å². The highest BCUT2D eigenvalue weighted by Gasteiger charge is 2.18. The first kappa shape index (κ1) is 18.6. The fourth-order valence-corrected chi connectivity index (χ4v) is 3.56. The van der Waals surface area contributed by atoms with Crippen LogP contribution in [-0.2, 0) is 0 Å². The molecule has 0 amide bonds. The van der Waals surface area contributed by atoms with Crippen molar-refractivity contribution in [2.24, 2.45) is 0 Å². The zero-order valence-corrected chi connectivity index (χ0v) is 16.5. The molecule has 0 aliphatic rings. The molecule has 5 aromatic rings. The van der Waals surface area contributed by atoms with Crippen LogP contribution >= 0.6 is 0 Å². The Bertz CT molecular complexity index is 1490. The van der Waals surface area contributed by atoms with Crippen LogP contribution in [0.25, 0.3) is 27.5 Å². The Hall–Kier alpha value is -4.46. The number of para-hydroxylation sites is 1. The molecule has 4 N–H and O–H groups in total. The lowest BCUT2D eigenvalue weighted by molar-refractivity contribution is 0.378. The summed E-state index contributed by atoms with van der Waals surface area (Å²) in [7, 11) is 1.55. The van der Waals surface area contributed by atoms with E-state index >= 15 is 0 Å². The molecule has 5 rings (SSSR count). The number of H-pyrrole nitrogens is 1. The van der Waals surface area contributed by atoms with E-state index < -0.39 is 0 Å². The number of phenolic OH excluding ortho intramolecular Hbond substituents is 1. The first-order valence-corrected chi connectivity index (χ1v) is 9.49. The first-order valence-electron chi connectivity index (χ1n) is 9.49. The number of nitrogens with one attached hydrogen (secondary N) is 1. The summed E-state index contributed by atoms with van der Waals surface area (Å²) in [6, 6.07) is 19.4. The highest BCUT2D eigenvalue weighted by Crippen LogP contribution is 2.35. The Morgan fingerprint density at radius 1 is 1.03 bits per heavy atom. The van der Waals surface area contributed by atoms with Gasteiger partial charge in [0.2, 0.25) is 0 Å². The Morgan fingerprint density at radius 2 is 1.84 bits per heavy atom. The molecule has 0 aliphatic carbocycles. The maximum absolute atomic E-state index is 12.6. The molecule has 0 bridgehead atoms. The molecule has 8 heteroatoms. The third kappa shape index (κ3) is 3.10. The van der Waals surface area contributed by atoms with Crippen molar-refractivity contribution < 1.29 is 14.6 Å². The van der Waals surface area contributed by atoms with Crippen molar-refractivity contribution in [3.05, 3.63) is 77.1 Å². The summed E-state index contributed by atoms with van der Waals surface area (Å²) < 4.78 is 12.9. The number of aromatic nitrogens is 3. The molecular formula is C23H18N4O4. The van der Waals surface area contributed by atoms with Crippen LogP contribution in [-0.4, -0.2) is 27.0 Å². The first-order chi connectivity index (χ1) is 15.0. The van der Waals surface area contributed by atoms with Crippen molar-refractivity contribution in [3.63, 3.8) is 0 Å². The van der Waals surface area contributed by atoms with Crippen molar-refractivity contribution in [1.29, 1.82) is 0 Å². The van der Waals surface area contributed by atoms with Gasteiger partial charge < -0.3 is 25.3 Å². The molecular weight excluding hydrogens is 396 g/mol. The van der Waals surface area contributed by atoms with Gasteiger partial charge in [0, 0.05) is 17.5 Å². The van der Waals surface area contributed by atoms with Gasteiger partial charge in [-0.15, -0.1) is 0 Å². The van der Waals surface area contributed by atoms with Gasteiger partial charge in [0.25, 0.3) is 5.56 Å². The molecule has 0 spiro atoms. The molecule has 0 fully saturated rings. The molecule has 2 heterocycles. The van der Waals surface area contributed by atoms with E-state index in [1.807, 2.05) is 30.3 Å². The lowest BCUT2D eigenvalue weighted by Gasteiger charge is -2.12. The average molecular weight is 414 g/mol. The molecule has 0 saturated heterocycles. The SMILES string of the molecule is COc1cc(-n2nc3c(c2N)c(=O)[nH]c2cc(O)ccc23)ccc1Oc1ccccc1. The summed E-state index contributed by atoms with van der Waals surface area (Å²) in [6.07, 6.45) is 0. The number of pyridine rings is 1. The van der Waals surface area contributed by atoms with Gasteiger partial charge in [-0.2, -0.15) is 5.10 Å². The minimum atomic E-state index is -0.382. The second kappa shape index (κ2) is 7.10. The van der Waals surface area contributed by atoms with Crippen molar-refractivity contribution >= 4 is 27.6 Å². The van der Waals surface area contributed by atoms with Crippen LogP contribution in [0.2, 0.25) is 0 Å². The van der Waals surface area contributed by atoms with E-state index in [1.165, 1.54) is 16.8 Å². The van der Waals surface area contributed by atoms with Crippen LogP contribution in [0, 0.1) is 0 Å². The zero-order chi connectivity index (χ0) is 21.5. The van der Waals surface area contributed by atoms with Gasteiger partial charge in [0.05, 0.1) is 18.3 Å². The number of methoxy groups -OCH3 is 1. The molecule has 0 aliphatic heterocycles. The van der Waals surface area contributed by atoms with E-state index in [-0.39, 0.29) is 22.5 Å². The summed E-state index contributed by atoms with van der Waals surface area (Å²) in [6.45, 7) is 0. The van der Waals surface area contributed by atoms with Gasteiger partial charge in [0.1, 0.15) is 28.2 Å². The monoisotopic (exact) mass is 414 g/mol. The minimum absolute atomic E-state index is 0.0497. The zero-order valence-electron chi connectivity index (χ0n) is 16.5. The number of hydrogen-bond acceptors (Lipinski definition) is 6. The number of nitrogens with two attached hydrogens (primary N) is 1. The quantitative estimate of drug-likeness (QED) is 0.410. The van der Waals surface area contributed by atoms with E-state index in [0.29, 0.717) is 39.4 Å². The number of anilines is 1. The number of nitrogen functional groups attached to an aromatic ring is 1. The van der Waals surface area contributed by atoms with Gasteiger partial charge >= 0.3 is 0 Å². The number of aromatic hydroxyl groups is 1. The van der Waals surface area contributed by atoms with Gasteiger partial charge in [-0.05, 0) is 36.4 Å². The van der Waals surface area contributed by atoms with E-state index in [2.05, 4.69) is 10.1 Å². The molecule has 0 saturated carbocycles. The van der Waals surface area contributed by atoms with Crippen LogP contribution in [0.15, 0.2) is 71.5 Å². The maximum Gasteiger partial charge on any atom is 0.261 e. The van der Waals surface area contributed by atoms with Crippen LogP contribution in [0.1, 0.15) is 0 Å². The Labute approximate surface area is 176 Å². The van der Waals surface area contributed by atoms with Crippen molar-refractivity contribution in [2.75, 3.05) is 12.8 Å². The summed E-state index contributed by atoms with van der Waals surface area (Å²) in [5.41, 5.74) is 7.45. The van der Waals surface area contributed by atoms with Crippen molar-refractivity contribution in [3.8, 4) is 28.7 Å². The number of aromatic amines is 1. The van der Waals surface area contributed by atoms with E-state index in [4.69, 9.17) is 15.2 Å². The normalized spacial score (nSPS) is 11.1. The summed E-state index contributed by atoms with van der Waals surface area (Å²) >= 11 is 0. The van der Waals surface area contributed by atoms with Gasteiger partial charge in [0.15, 0.2) is 11.5 Å². The summed E-state index contributed by atoms with van der Waals surface area (Å²) in [5.74, 6) is 1.95.